The van der Waals surface area contributed by atoms with Gasteiger partial charge in [-0.1, -0.05) is 26.8 Å². The van der Waals surface area contributed by atoms with Crippen LogP contribution in [0.25, 0.3) is 0 Å². The number of carbonyl (C=O) groups excluding carboxylic acids is 2. The molecule has 2 N–H and O–H groups in total. The first-order chi connectivity index (χ1) is 14.2. The van der Waals surface area contributed by atoms with Gasteiger partial charge in [0.25, 0.3) is 0 Å². The van der Waals surface area contributed by atoms with Gasteiger partial charge in [-0.05, 0) is 49.8 Å². The highest BCUT2D eigenvalue weighted by Crippen LogP contribution is 2.47. The average molecular weight is 414 g/mol. The Labute approximate surface area is 178 Å². The molecule has 0 saturated carbocycles. The second kappa shape index (κ2) is 8.54. The minimum Gasteiger partial charge on any atom is -0.504 e. The summed E-state index contributed by atoms with van der Waals surface area (Å²) in [7, 11) is 0. The number of nitrogens with one attached hydrogen (secondary N) is 1. The fourth-order valence-electron chi connectivity index (χ4n) is 4.29. The van der Waals surface area contributed by atoms with E-state index < -0.39 is 11.9 Å². The number of carbonyl (C=O) groups is 2. The minimum absolute atomic E-state index is 0.0238. The summed E-state index contributed by atoms with van der Waals surface area (Å²) >= 11 is 0. The number of phenolic OH excluding ortho intramolecular Hbond substituents is 1. The van der Waals surface area contributed by atoms with Crippen LogP contribution in [0.2, 0.25) is 0 Å². The Morgan fingerprint density at radius 2 is 2.00 bits per heavy atom. The number of rotatable bonds is 6. The third kappa shape index (κ3) is 4.23. The van der Waals surface area contributed by atoms with E-state index in [1.165, 1.54) is 0 Å². The summed E-state index contributed by atoms with van der Waals surface area (Å²) in [5.74, 6) is -0.608. The van der Waals surface area contributed by atoms with Gasteiger partial charge < -0.3 is 19.9 Å². The van der Waals surface area contributed by atoms with Crippen LogP contribution in [0.4, 0.5) is 0 Å². The van der Waals surface area contributed by atoms with Crippen molar-refractivity contribution < 1.29 is 24.2 Å². The van der Waals surface area contributed by atoms with Crippen LogP contribution < -0.4 is 10.1 Å². The van der Waals surface area contributed by atoms with Gasteiger partial charge in [-0.25, -0.2) is 4.79 Å². The van der Waals surface area contributed by atoms with Crippen LogP contribution in [-0.2, 0) is 14.3 Å². The Bertz CT molecular complexity index is 926. The van der Waals surface area contributed by atoms with Crippen LogP contribution in [0.5, 0.6) is 11.5 Å². The summed E-state index contributed by atoms with van der Waals surface area (Å²) in [6, 6.07) is 5.00. The summed E-state index contributed by atoms with van der Waals surface area (Å²) in [5, 5.41) is 13.5. The van der Waals surface area contributed by atoms with Crippen molar-refractivity contribution in [2.24, 2.45) is 5.41 Å². The van der Waals surface area contributed by atoms with Gasteiger partial charge in [-0.15, -0.1) is 0 Å². The molecule has 3 rings (SSSR count). The van der Waals surface area contributed by atoms with E-state index >= 15 is 0 Å². The summed E-state index contributed by atoms with van der Waals surface area (Å²) < 4.78 is 11.0. The number of Topliss-reactive ketones (excluding diaryl/α,β-unsaturated/α-hetero) is 1. The predicted octanol–water partition coefficient (Wildman–Crippen LogP) is 4.35. The van der Waals surface area contributed by atoms with E-state index in [0.717, 1.165) is 17.7 Å². The number of ether oxygens (including phenoxy) is 2. The second-order valence-electron chi connectivity index (χ2n) is 8.73. The van der Waals surface area contributed by atoms with Crippen molar-refractivity contribution in [1.82, 2.24) is 5.32 Å². The lowest BCUT2D eigenvalue weighted by molar-refractivity contribution is -0.139. The summed E-state index contributed by atoms with van der Waals surface area (Å²) in [6.07, 6.45) is 1.84. The predicted molar refractivity (Wildman–Crippen MR) is 114 cm³/mol. The number of dihydropyridines is 1. The highest BCUT2D eigenvalue weighted by Gasteiger charge is 2.43. The average Bonchev–Trinajstić information content (AvgIpc) is 2.66. The van der Waals surface area contributed by atoms with Crippen molar-refractivity contribution in [3.63, 3.8) is 0 Å². The number of aromatic hydroxyl groups is 1. The van der Waals surface area contributed by atoms with Crippen LogP contribution >= 0.6 is 0 Å². The number of benzene rings is 1. The molecule has 1 heterocycles. The Morgan fingerprint density at radius 1 is 1.27 bits per heavy atom. The fourth-order valence-corrected chi connectivity index (χ4v) is 4.29. The molecular weight excluding hydrogens is 382 g/mol. The summed E-state index contributed by atoms with van der Waals surface area (Å²) in [5.41, 5.74) is 3.16. The van der Waals surface area contributed by atoms with Gasteiger partial charge in [0.15, 0.2) is 17.3 Å². The maximum absolute atomic E-state index is 13.2. The SMILES string of the molecule is CCCOC(=O)C1=C(C)NC2=C(C(=O)CC(C)(C)C2)C1c1ccc(O)c(OCC)c1. The first-order valence-corrected chi connectivity index (χ1v) is 10.5. The van der Waals surface area contributed by atoms with Gasteiger partial charge in [0.1, 0.15) is 0 Å². The van der Waals surface area contributed by atoms with Crippen LogP contribution in [0.1, 0.15) is 65.4 Å². The molecular formula is C24H31NO5. The van der Waals surface area contributed by atoms with Gasteiger partial charge >= 0.3 is 5.97 Å². The Morgan fingerprint density at radius 3 is 2.67 bits per heavy atom. The van der Waals surface area contributed by atoms with Gasteiger partial charge in [0, 0.05) is 29.3 Å². The molecule has 1 aromatic rings. The summed E-state index contributed by atoms with van der Waals surface area (Å²) in [6.45, 7) is 10.5. The lowest BCUT2D eigenvalue weighted by Gasteiger charge is -2.39. The quantitative estimate of drug-likeness (QED) is 0.675. The van der Waals surface area contributed by atoms with Crippen molar-refractivity contribution in [2.45, 2.75) is 59.8 Å². The van der Waals surface area contributed by atoms with Crippen molar-refractivity contribution in [3.8, 4) is 11.5 Å². The lowest BCUT2D eigenvalue weighted by atomic mass is 9.68. The fraction of sp³-hybridized carbons (Fsp3) is 0.500. The van der Waals surface area contributed by atoms with Crippen LogP contribution in [-0.4, -0.2) is 30.1 Å². The molecule has 6 heteroatoms. The van der Waals surface area contributed by atoms with Crippen LogP contribution in [0.15, 0.2) is 40.7 Å². The Hall–Kier alpha value is -2.76. The molecule has 1 aliphatic carbocycles. The number of hydrogen-bond acceptors (Lipinski definition) is 6. The van der Waals surface area contributed by atoms with Crippen molar-refractivity contribution in [1.29, 1.82) is 0 Å². The van der Waals surface area contributed by atoms with Crippen LogP contribution in [0, 0.1) is 5.41 Å². The zero-order valence-corrected chi connectivity index (χ0v) is 18.4. The highest BCUT2D eigenvalue weighted by molar-refractivity contribution is 6.04. The van der Waals surface area contributed by atoms with Gasteiger partial charge in [0.2, 0.25) is 0 Å². The minimum atomic E-state index is -0.561. The molecule has 6 nitrogen and oxygen atoms in total. The molecule has 0 aromatic heterocycles. The Balaban J connectivity index is 2.16. The molecule has 1 aromatic carbocycles. The molecule has 0 saturated heterocycles. The first kappa shape index (κ1) is 21.9. The second-order valence-corrected chi connectivity index (χ2v) is 8.73. The number of esters is 1. The topological polar surface area (TPSA) is 84.9 Å². The summed E-state index contributed by atoms with van der Waals surface area (Å²) in [4.78, 5) is 26.2. The van der Waals surface area contributed by atoms with Crippen molar-refractivity contribution in [3.05, 3.63) is 46.3 Å². The lowest BCUT2D eigenvalue weighted by Crippen LogP contribution is -2.38. The van der Waals surface area contributed by atoms with E-state index in [0.29, 0.717) is 48.6 Å². The molecule has 0 radical (unpaired) electrons. The molecule has 30 heavy (non-hydrogen) atoms. The standard InChI is InChI=1S/C24H31NO5/c1-6-10-30-23(28)20-14(3)25-16-12-24(4,5)13-18(27)22(16)21(20)15-8-9-17(26)19(11-15)29-7-2/h8-9,11,21,25-26H,6-7,10,12-13H2,1-5H3. The molecule has 162 valence electrons. The molecule has 1 aliphatic heterocycles. The highest BCUT2D eigenvalue weighted by atomic mass is 16.5. The van der Waals surface area contributed by atoms with E-state index in [-0.39, 0.29) is 16.9 Å². The number of hydrogen-bond donors (Lipinski definition) is 2. The van der Waals surface area contributed by atoms with Crippen LogP contribution in [0.3, 0.4) is 0 Å². The molecule has 2 aliphatic rings. The van der Waals surface area contributed by atoms with E-state index in [2.05, 4.69) is 19.2 Å². The molecule has 1 unspecified atom stereocenters. The molecule has 0 bridgehead atoms. The normalized spacial score (nSPS) is 20.6. The third-order valence-electron chi connectivity index (χ3n) is 5.51. The number of ketones is 1. The molecule has 1 atom stereocenters. The van der Waals surface area contributed by atoms with Crippen molar-refractivity contribution >= 4 is 11.8 Å². The van der Waals surface area contributed by atoms with Gasteiger partial charge in [0.05, 0.1) is 18.8 Å². The van der Waals surface area contributed by atoms with E-state index in [4.69, 9.17) is 9.47 Å². The van der Waals surface area contributed by atoms with E-state index in [1.807, 2.05) is 20.8 Å². The smallest absolute Gasteiger partial charge is 0.336 e. The zero-order chi connectivity index (χ0) is 22.1. The van der Waals surface area contributed by atoms with Gasteiger partial charge in [-0.3, -0.25) is 4.79 Å². The molecule has 0 amide bonds. The monoisotopic (exact) mass is 413 g/mol. The maximum Gasteiger partial charge on any atom is 0.336 e. The zero-order valence-electron chi connectivity index (χ0n) is 18.4. The van der Waals surface area contributed by atoms with E-state index in [1.54, 1.807) is 18.2 Å². The molecule has 0 fully saturated rings. The number of allylic oxidation sites excluding steroid dienone is 3. The maximum atomic E-state index is 13.2. The number of phenols is 1. The van der Waals surface area contributed by atoms with Gasteiger partial charge in [-0.2, -0.15) is 0 Å². The molecule has 0 spiro atoms. The largest absolute Gasteiger partial charge is 0.504 e. The van der Waals surface area contributed by atoms with Crippen molar-refractivity contribution in [2.75, 3.05) is 13.2 Å². The Kier molecular flexibility index (Phi) is 6.25. The first-order valence-electron chi connectivity index (χ1n) is 10.5. The van der Waals surface area contributed by atoms with E-state index in [9.17, 15) is 14.7 Å². The third-order valence-corrected chi connectivity index (χ3v) is 5.51.